The number of hydrogen-bond acceptors (Lipinski definition) is 4. The van der Waals surface area contributed by atoms with Crippen molar-refractivity contribution in [3.63, 3.8) is 0 Å². The number of likely N-dealkylation sites (tertiary alicyclic amines) is 1. The summed E-state index contributed by atoms with van der Waals surface area (Å²) in [4.78, 5) is 4.99. The smallest absolute Gasteiger partial charge is 0.123 e. The molecule has 1 aliphatic rings. The molecule has 33 heavy (non-hydrogen) atoms. The molecule has 1 fully saturated rings. The molecule has 3 aromatic rings. The van der Waals surface area contributed by atoms with Crippen LogP contribution in [-0.2, 0) is 19.5 Å². The van der Waals surface area contributed by atoms with Crippen molar-refractivity contribution in [3.8, 4) is 5.75 Å². The first-order chi connectivity index (χ1) is 16.1. The van der Waals surface area contributed by atoms with Gasteiger partial charge >= 0.3 is 0 Å². The van der Waals surface area contributed by atoms with E-state index in [1.807, 2.05) is 29.1 Å². The van der Waals surface area contributed by atoms with Crippen LogP contribution in [-0.4, -0.2) is 59.9 Å². The van der Waals surface area contributed by atoms with Crippen molar-refractivity contribution in [1.29, 1.82) is 0 Å². The van der Waals surface area contributed by atoms with Gasteiger partial charge in [-0.3, -0.25) is 4.68 Å². The summed E-state index contributed by atoms with van der Waals surface area (Å²) in [5.74, 6) is 1.48. The highest BCUT2D eigenvalue weighted by atomic mass is 19.1. The van der Waals surface area contributed by atoms with Crippen molar-refractivity contribution < 1.29 is 9.13 Å². The van der Waals surface area contributed by atoms with Gasteiger partial charge in [-0.05, 0) is 86.8 Å². The van der Waals surface area contributed by atoms with Crippen LogP contribution in [0.1, 0.15) is 29.5 Å². The summed E-state index contributed by atoms with van der Waals surface area (Å²) in [7, 11) is 3.94. The lowest BCUT2D eigenvalue weighted by atomic mass is 9.95. The van der Waals surface area contributed by atoms with E-state index in [-0.39, 0.29) is 5.82 Å². The average molecular weight is 451 g/mol. The van der Waals surface area contributed by atoms with E-state index in [1.165, 1.54) is 24.0 Å². The third-order valence-corrected chi connectivity index (χ3v) is 6.60. The maximum absolute atomic E-state index is 13.1. The van der Waals surface area contributed by atoms with Crippen LogP contribution in [0.4, 0.5) is 4.39 Å². The second kappa shape index (κ2) is 11.4. The first-order valence-electron chi connectivity index (χ1n) is 11.9. The van der Waals surface area contributed by atoms with Crippen molar-refractivity contribution in [1.82, 2.24) is 19.6 Å². The van der Waals surface area contributed by atoms with Gasteiger partial charge in [0.05, 0.1) is 13.7 Å². The predicted octanol–water partition coefficient (Wildman–Crippen LogP) is 4.47. The maximum Gasteiger partial charge on any atom is 0.123 e. The average Bonchev–Trinajstić information content (AvgIpc) is 3.33. The Morgan fingerprint density at radius 2 is 1.85 bits per heavy atom. The number of rotatable bonds is 10. The molecule has 0 spiro atoms. The molecule has 6 heteroatoms. The number of nitrogens with zero attached hydrogens (tertiary/aromatic N) is 4. The highest BCUT2D eigenvalue weighted by molar-refractivity contribution is 5.37. The van der Waals surface area contributed by atoms with E-state index in [2.05, 4.69) is 40.1 Å². The summed E-state index contributed by atoms with van der Waals surface area (Å²) < 4.78 is 20.6. The van der Waals surface area contributed by atoms with Gasteiger partial charge in [-0.15, -0.1) is 0 Å². The van der Waals surface area contributed by atoms with E-state index < -0.39 is 0 Å². The second-order valence-electron chi connectivity index (χ2n) is 9.21. The molecule has 0 bridgehead atoms. The standard InChI is InChI=1S/C27H35FN4O/c1-30(20-24-6-9-27(33-2)25(18-24)21-32-14-3-13-29-32)19-23-11-16-31(17-12-23)15-10-22-4-7-26(28)8-5-22/h3-9,13-14,18,23H,10-12,15-17,19-21H2,1-2H3. The Hall–Kier alpha value is -2.70. The SMILES string of the molecule is COc1ccc(CN(C)CC2CCN(CCc3ccc(F)cc3)CC2)cc1Cn1cccn1. The maximum atomic E-state index is 13.1. The number of benzene rings is 2. The lowest BCUT2D eigenvalue weighted by molar-refractivity contribution is 0.153. The van der Waals surface area contributed by atoms with Gasteiger partial charge in [0.25, 0.3) is 0 Å². The van der Waals surface area contributed by atoms with E-state index in [9.17, 15) is 4.39 Å². The van der Waals surface area contributed by atoms with Crippen LogP contribution in [0.5, 0.6) is 5.75 Å². The Morgan fingerprint density at radius 3 is 2.55 bits per heavy atom. The molecular formula is C27H35FN4O. The number of ether oxygens (including phenoxy) is 1. The van der Waals surface area contributed by atoms with Gasteiger partial charge in [-0.25, -0.2) is 4.39 Å². The third-order valence-electron chi connectivity index (χ3n) is 6.60. The number of piperidine rings is 1. The van der Waals surface area contributed by atoms with Crippen molar-refractivity contribution in [2.75, 3.05) is 40.3 Å². The monoisotopic (exact) mass is 450 g/mol. The quantitative estimate of drug-likeness (QED) is 0.457. The Labute approximate surface area is 196 Å². The first-order valence-corrected chi connectivity index (χ1v) is 11.9. The van der Waals surface area contributed by atoms with Gasteiger partial charge in [0, 0.05) is 37.6 Å². The zero-order chi connectivity index (χ0) is 23.0. The molecule has 0 radical (unpaired) electrons. The van der Waals surface area contributed by atoms with Crippen molar-refractivity contribution >= 4 is 0 Å². The number of halogens is 1. The molecule has 5 nitrogen and oxygen atoms in total. The molecule has 0 aliphatic carbocycles. The Bertz CT molecular complexity index is 982. The number of aromatic nitrogens is 2. The molecule has 0 unspecified atom stereocenters. The van der Waals surface area contributed by atoms with E-state index in [0.29, 0.717) is 6.54 Å². The highest BCUT2D eigenvalue weighted by Gasteiger charge is 2.20. The molecule has 1 saturated heterocycles. The van der Waals surface area contributed by atoms with E-state index in [1.54, 1.807) is 25.4 Å². The van der Waals surface area contributed by atoms with E-state index in [0.717, 1.165) is 56.4 Å². The molecule has 1 aromatic heterocycles. The van der Waals surface area contributed by atoms with E-state index in [4.69, 9.17) is 4.74 Å². The van der Waals surface area contributed by atoms with Gasteiger partial charge in [0.15, 0.2) is 0 Å². The normalized spacial score (nSPS) is 15.3. The third kappa shape index (κ3) is 6.89. The van der Waals surface area contributed by atoms with Crippen LogP contribution in [0.2, 0.25) is 0 Å². The Kier molecular flexibility index (Phi) is 8.13. The highest BCUT2D eigenvalue weighted by Crippen LogP contribution is 2.23. The van der Waals surface area contributed by atoms with Crippen LogP contribution in [0.15, 0.2) is 60.9 Å². The zero-order valence-corrected chi connectivity index (χ0v) is 19.8. The summed E-state index contributed by atoms with van der Waals surface area (Å²) in [6.45, 7) is 6.11. The second-order valence-corrected chi connectivity index (χ2v) is 9.21. The molecular weight excluding hydrogens is 415 g/mol. The molecule has 2 aromatic carbocycles. The minimum Gasteiger partial charge on any atom is -0.496 e. The fourth-order valence-corrected chi connectivity index (χ4v) is 4.77. The summed E-state index contributed by atoms with van der Waals surface area (Å²) in [6, 6.07) is 15.3. The van der Waals surface area contributed by atoms with E-state index >= 15 is 0 Å². The van der Waals surface area contributed by atoms with Crippen LogP contribution in [0.25, 0.3) is 0 Å². The zero-order valence-electron chi connectivity index (χ0n) is 19.8. The molecule has 0 atom stereocenters. The van der Waals surface area contributed by atoms with Crippen molar-refractivity contribution in [3.05, 3.63) is 83.4 Å². The molecule has 1 aliphatic heterocycles. The van der Waals surface area contributed by atoms with Gasteiger partial charge in [0.1, 0.15) is 11.6 Å². The largest absolute Gasteiger partial charge is 0.496 e. The summed E-state index contributed by atoms with van der Waals surface area (Å²) in [6.07, 6.45) is 7.24. The fraction of sp³-hybridized carbons (Fsp3) is 0.444. The number of hydrogen-bond donors (Lipinski definition) is 0. The Morgan fingerprint density at radius 1 is 1.09 bits per heavy atom. The topological polar surface area (TPSA) is 33.5 Å². The van der Waals surface area contributed by atoms with Gasteiger partial charge < -0.3 is 14.5 Å². The molecule has 0 amide bonds. The van der Waals surface area contributed by atoms with Crippen LogP contribution >= 0.6 is 0 Å². The lowest BCUT2D eigenvalue weighted by Gasteiger charge is -2.34. The summed E-state index contributed by atoms with van der Waals surface area (Å²) in [5, 5.41) is 4.33. The van der Waals surface area contributed by atoms with Crippen LogP contribution in [0, 0.1) is 11.7 Å². The molecule has 4 rings (SSSR count). The lowest BCUT2D eigenvalue weighted by Crippen LogP contribution is -2.38. The Balaban J connectivity index is 1.23. The molecule has 2 heterocycles. The van der Waals surface area contributed by atoms with Crippen LogP contribution in [0.3, 0.4) is 0 Å². The predicted molar refractivity (Wildman–Crippen MR) is 130 cm³/mol. The number of methoxy groups -OCH3 is 1. The van der Waals surface area contributed by atoms with Gasteiger partial charge in [0.2, 0.25) is 0 Å². The summed E-state index contributed by atoms with van der Waals surface area (Å²) in [5.41, 5.74) is 3.67. The van der Waals surface area contributed by atoms with Gasteiger partial charge in [-0.1, -0.05) is 18.2 Å². The van der Waals surface area contributed by atoms with Crippen molar-refractivity contribution in [2.24, 2.45) is 5.92 Å². The molecule has 0 saturated carbocycles. The molecule has 0 N–H and O–H groups in total. The van der Waals surface area contributed by atoms with Gasteiger partial charge in [-0.2, -0.15) is 5.10 Å². The summed E-state index contributed by atoms with van der Waals surface area (Å²) >= 11 is 0. The first kappa shape index (κ1) is 23.5. The minimum atomic E-state index is -0.160. The van der Waals surface area contributed by atoms with Crippen LogP contribution < -0.4 is 4.74 Å². The minimum absolute atomic E-state index is 0.160. The van der Waals surface area contributed by atoms with Crippen molar-refractivity contribution in [2.45, 2.75) is 32.4 Å². The molecule has 176 valence electrons. The fourth-order valence-electron chi connectivity index (χ4n) is 4.77.